The highest BCUT2D eigenvalue weighted by Crippen LogP contribution is 2.32. The number of aromatic nitrogens is 3. The third-order valence-electron chi connectivity index (χ3n) is 5.01. The van der Waals surface area contributed by atoms with Gasteiger partial charge in [0.05, 0.1) is 16.1 Å². The molecule has 6 nitrogen and oxygen atoms in total. The third kappa shape index (κ3) is 4.04. The van der Waals surface area contributed by atoms with Gasteiger partial charge >= 0.3 is 6.18 Å². The molecule has 0 amide bonds. The molecule has 10 heteroatoms. The van der Waals surface area contributed by atoms with Crippen LogP contribution in [0.1, 0.15) is 30.7 Å². The number of fused-ring (bicyclic) bond motifs is 1. The minimum Gasteiger partial charge on any atom is -0.311 e. The predicted octanol–water partition coefficient (Wildman–Crippen LogP) is 4.49. The van der Waals surface area contributed by atoms with Gasteiger partial charge in [-0.2, -0.15) is 13.2 Å². The van der Waals surface area contributed by atoms with Crippen LogP contribution in [-0.4, -0.2) is 23.2 Å². The monoisotopic (exact) mass is 436 g/mol. The minimum absolute atomic E-state index is 0.259. The SMILES string of the molecule is O=S(=O)(Nc1ccccc1-c1nnc2n1CCCCC2)c1ccc(C(F)(F)F)cc1. The maximum absolute atomic E-state index is 12.8. The summed E-state index contributed by atoms with van der Waals surface area (Å²) in [6, 6.07) is 10.2. The summed E-state index contributed by atoms with van der Waals surface area (Å²) in [7, 11) is -4.09. The van der Waals surface area contributed by atoms with Gasteiger partial charge in [-0.1, -0.05) is 18.6 Å². The summed E-state index contributed by atoms with van der Waals surface area (Å²) in [5, 5.41) is 8.52. The van der Waals surface area contributed by atoms with Crippen molar-refractivity contribution in [1.82, 2.24) is 14.8 Å². The first-order valence-corrected chi connectivity index (χ1v) is 11.0. The number of para-hydroxylation sites is 1. The lowest BCUT2D eigenvalue weighted by molar-refractivity contribution is -0.137. The Hall–Kier alpha value is -2.88. The van der Waals surface area contributed by atoms with E-state index in [0.717, 1.165) is 62.3 Å². The van der Waals surface area contributed by atoms with E-state index in [1.807, 2.05) is 4.57 Å². The van der Waals surface area contributed by atoms with Crippen molar-refractivity contribution in [1.29, 1.82) is 0 Å². The Morgan fingerprint density at radius 1 is 0.933 bits per heavy atom. The molecule has 0 saturated carbocycles. The van der Waals surface area contributed by atoms with E-state index in [0.29, 0.717) is 11.4 Å². The predicted molar refractivity (Wildman–Crippen MR) is 105 cm³/mol. The summed E-state index contributed by atoms with van der Waals surface area (Å²) in [6.45, 7) is 0.748. The molecule has 3 aromatic rings. The molecule has 0 radical (unpaired) electrons. The molecule has 1 N–H and O–H groups in total. The van der Waals surface area contributed by atoms with Crippen molar-refractivity contribution in [3.63, 3.8) is 0 Å². The van der Waals surface area contributed by atoms with Gasteiger partial charge in [-0.15, -0.1) is 10.2 Å². The number of anilines is 1. The van der Waals surface area contributed by atoms with Crippen molar-refractivity contribution < 1.29 is 21.6 Å². The summed E-state index contributed by atoms with van der Waals surface area (Å²) in [5.41, 5.74) is -0.0570. The summed E-state index contributed by atoms with van der Waals surface area (Å²) in [4.78, 5) is -0.259. The second-order valence-electron chi connectivity index (χ2n) is 7.08. The van der Waals surface area contributed by atoms with Crippen molar-refractivity contribution >= 4 is 15.7 Å². The van der Waals surface area contributed by atoms with E-state index in [-0.39, 0.29) is 10.6 Å². The van der Waals surface area contributed by atoms with Crippen LogP contribution in [-0.2, 0) is 29.2 Å². The summed E-state index contributed by atoms with van der Waals surface area (Å²) in [6.07, 6.45) is -0.622. The maximum Gasteiger partial charge on any atom is 0.416 e. The Bertz CT molecular complexity index is 1160. The van der Waals surface area contributed by atoms with Crippen LogP contribution < -0.4 is 4.72 Å². The number of nitrogens with one attached hydrogen (secondary N) is 1. The van der Waals surface area contributed by atoms with E-state index in [1.54, 1.807) is 24.3 Å². The largest absolute Gasteiger partial charge is 0.416 e. The first kappa shape index (κ1) is 20.4. The molecule has 0 aliphatic carbocycles. The number of hydrogen-bond acceptors (Lipinski definition) is 4. The van der Waals surface area contributed by atoms with E-state index in [9.17, 15) is 21.6 Å². The van der Waals surface area contributed by atoms with Crippen LogP contribution in [0.25, 0.3) is 11.4 Å². The summed E-state index contributed by atoms with van der Waals surface area (Å²) in [5.74, 6) is 1.43. The van der Waals surface area contributed by atoms with Crippen molar-refractivity contribution in [2.24, 2.45) is 0 Å². The van der Waals surface area contributed by atoms with Gasteiger partial charge in [0.15, 0.2) is 5.82 Å². The number of sulfonamides is 1. The molecule has 0 fully saturated rings. The highest BCUT2D eigenvalue weighted by molar-refractivity contribution is 7.92. The fourth-order valence-electron chi connectivity index (χ4n) is 3.48. The molecule has 1 aliphatic rings. The number of rotatable bonds is 4. The number of benzene rings is 2. The number of halogens is 3. The lowest BCUT2D eigenvalue weighted by atomic mass is 10.1. The van der Waals surface area contributed by atoms with Gasteiger partial charge in [0.25, 0.3) is 10.0 Å². The molecule has 0 atom stereocenters. The Balaban J connectivity index is 1.67. The van der Waals surface area contributed by atoms with Crippen molar-refractivity contribution in [3.8, 4) is 11.4 Å². The van der Waals surface area contributed by atoms with Gasteiger partial charge in [0.1, 0.15) is 5.82 Å². The zero-order valence-electron chi connectivity index (χ0n) is 15.9. The first-order valence-electron chi connectivity index (χ1n) is 9.47. The zero-order valence-corrected chi connectivity index (χ0v) is 16.7. The van der Waals surface area contributed by atoms with Gasteiger partial charge in [-0.05, 0) is 49.2 Å². The van der Waals surface area contributed by atoms with Crippen molar-refractivity contribution in [3.05, 3.63) is 59.9 Å². The Kier molecular flexibility index (Phi) is 5.27. The van der Waals surface area contributed by atoms with E-state index < -0.39 is 21.8 Å². The average Bonchev–Trinajstić information content (AvgIpc) is 2.95. The van der Waals surface area contributed by atoms with Crippen LogP contribution in [0, 0.1) is 0 Å². The highest BCUT2D eigenvalue weighted by Gasteiger charge is 2.31. The summed E-state index contributed by atoms with van der Waals surface area (Å²) >= 11 is 0. The molecule has 1 aliphatic heterocycles. The fraction of sp³-hybridized carbons (Fsp3) is 0.300. The molecule has 2 heterocycles. The van der Waals surface area contributed by atoms with Crippen LogP contribution in [0.2, 0.25) is 0 Å². The molecule has 4 rings (SSSR count). The fourth-order valence-corrected chi connectivity index (χ4v) is 4.56. The van der Waals surface area contributed by atoms with Crippen LogP contribution in [0.4, 0.5) is 18.9 Å². The maximum atomic E-state index is 12.8. The molecule has 2 aromatic carbocycles. The van der Waals surface area contributed by atoms with E-state index in [4.69, 9.17) is 0 Å². The zero-order chi connectivity index (χ0) is 21.4. The molecular formula is C20H19F3N4O2S. The first-order chi connectivity index (χ1) is 14.3. The number of alkyl halides is 3. The van der Waals surface area contributed by atoms with E-state index >= 15 is 0 Å². The molecule has 158 valence electrons. The lowest BCUT2D eigenvalue weighted by Crippen LogP contribution is -2.15. The molecule has 0 bridgehead atoms. The number of aryl methyl sites for hydroxylation is 1. The quantitative estimate of drug-likeness (QED) is 0.654. The van der Waals surface area contributed by atoms with E-state index in [2.05, 4.69) is 14.9 Å². The normalized spacial score (nSPS) is 14.8. The second kappa shape index (κ2) is 7.75. The van der Waals surface area contributed by atoms with Gasteiger partial charge in [-0.25, -0.2) is 8.42 Å². The van der Waals surface area contributed by atoms with Crippen molar-refractivity contribution in [2.45, 2.75) is 43.3 Å². The molecule has 1 aromatic heterocycles. The highest BCUT2D eigenvalue weighted by atomic mass is 32.2. The smallest absolute Gasteiger partial charge is 0.311 e. The standard InChI is InChI=1S/C20H19F3N4O2S/c21-20(22,23)14-9-11-15(12-10-14)30(28,29)26-17-7-4-3-6-16(17)19-25-24-18-8-2-1-5-13-27(18)19/h3-4,6-7,9-12,26H,1-2,5,8,13H2. The van der Waals surface area contributed by atoms with Gasteiger partial charge in [0.2, 0.25) is 0 Å². The molecular weight excluding hydrogens is 417 g/mol. The molecule has 30 heavy (non-hydrogen) atoms. The lowest BCUT2D eigenvalue weighted by Gasteiger charge is -2.14. The summed E-state index contributed by atoms with van der Waals surface area (Å²) < 4.78 is 68.3. The van der Waals surface area contributed by atoms with Gasteiger partial charge in [0, 0.05) is 18.5 Å². The second-order valence-corrected chi connectivity index (χ2v) is 8.76. The average molecular weight is 436 g/mol. The Morgan fingerprint density at radius 3 is 2.40 bits per heavy atom. The Labute approximate surface area is 171 Å². The Morgan fingerprint density at radius 2 is 1.67 bits per heavy atom. The molecule has 0 spiro atoms. The van der Waals surface area contributed by atoms with Crippen LogP contribution in [0.15, 0.2) is 53.4 Å². The molecule has 0 unspecified atom stereocenters. The number of hydrogen-bond donors (Lipinski definition) is 1. The van der Waals surface area contributed by atoms with Crippen LogP contribution in [0.3, 0.4) is 0 Å². The van der Waals surface area contributed by atoms with Crippen molar-refractivity contribution in [2.75, 3.05) is 4.72 Å². The third-order valence-corrected chi connectivity index (χ3v) is 6.40. The van der Waals surface area contributed by atoms with E-state index in [1.165, 1.54) is 0 Å². The van der Waals surface area contributed by atoms with Gasteiger partial charge < -0.3 is 4.57 Å². The van der Waals surface area contributed by atoms with Gasteiger partial charge in [-0.3, -0.25) is 4.72 Å². The minimum atomic E-state index is -4.53. The van der Waals surface area contributed by atoms with Crippen LogP contribution in [0.5, 0.6) is 0 Å². The van der Waals surface area contributed by atoms with Crippen LogP contribution >= 0.6 is 0 Å². The topological polar surface area (TPSA) is 76.9 Å². The number of nitrogens with zero attached hydrogens (tertiary/aromatic N) is 3. The molecule has 0 saturated heterocycles.